The van der Waals surface area contributed by atoms with Gasteiger partial charge in [0.1, 0.15) is 16.9 Å². The molecule has 0 saturated carbocycles. The zero-order valence-electron chi connectivity index (χ0n) is 18.8. The van der Waals surface area contributed by atoms with E-state index in [2.05, 4.69) is 9.98 Å². The van der Waals surface area contributed by atoms with E-state index in [1.165, 1.54) is 10.5 Å². The van der Waals surface area contributed by atoms with Gasteiger partial charge in [0.2, 0.25) is 0 Å². The minimum absolute atomic E-state index is 0.0145. The third-order valence-electron chi connectivity index (χ3n) is 5.33. The van der Waals surface area contributed by atoms with E-state index in [1.54, 1.807) is 60.2 Å². The summed E-state index contributed by atoms with van der Waals surface area (Å²) in [6.07, 6.45) is 3.16. The van der Waals surface area contributed by atoms with Crippen LogP contribution in [-0.2, 0) is 11.3 Å². The van der Waals surface area contributed by atoms with Crippen LogP contribution in [0.2, 0.25) is 5.02 Å². The van der Waals surface area contributed by atoms with Crippen molar-refractivity contribution in [3.8, 4) is 0 Å². The van der Waals surface area contributed by atoms with Gasteiger partial charge in [-0.15, -0.1) is 0 Å². The summed E-state index contributed by atoms with van der Waals surface area (Å²) in [6, 6.07) is 13.2. The van der Waals surface area contributed by atoms with Gasteiger partial charge in [-0.2, -0.15) is 4.99 Å². The standard InChI is InChI=1S/C25H23ClN4O4/c1-3-5-13-30-21-17(24(32)29-14-9-8-12-20(29)27-21)15-18(25(33)34-4-2)22(30)28-23(31)16-10-6-7-11-19(16)26/h6-12,14-15H,3-5,13H2,1-2H3. The number of pyridine rings is 2. The maximum atomic E-state index is 13.3. The van der Waals surface area contributed by atoms with Crippen LogP contribution in [0.5, 0.6) is 0 Å². The highest BCUT2D eigenvalue weighted by Gasteiger charge is 2.20. The van der Waals surface area contributed by atoms with Gasteiger partial charge in [0.25, 0.3) is 11.5 Å². The van der Waals surface area contributed by atoms with Crippen molar-refractivity contribution < 1.29 is 14.3 Å². The molecule has 3 heterocycles. The van der Waals surface area contributed by atoms with E-state index in [1.807, 2.05) is 6.92 Å². The molecule has 0 N–H and O–H groups in total. The van der Waals surface area contributed by atoms with Gasteiger partial charge in [-0.05, 0) is 43.7 Å². The summed E-state index contributed by atoms with van der Waals surface area (Å²) in [6.45, 7) is 4.21. The highest BCUT2D eigenvalue weighted by molar-refractivity contribution is 6.33. The Morgan fingerprint density at radius 3 is 2.59 bits per heavy atom. The van der Waals surface area contributed by atoms with E-state index < -0.39 is 11.9 Å². The molecule has 0 unspecified atom stereocenters. The van der Waals surface area contributed by atoms with Crippen LogP contribution in [0.3, 0.4) is 0 Å². The Labute approximate surface area is 200 Å². The number of aryl methyl sites for hydroxylation is 1. The molecule has 0 atom stereocenters. The number of amides is 1. The van der Waals surface area contributed by atoms with Gasteiger partial charge in [-0.25, -0.2) is 9.78 Å². The van der Waals surface area contributed by atoms with Crippen molar-refractivity contribution in [3.05, 3.63) is 86.7 Å². The summed E-state index contributed by atoms with van der Waals surface area (Å²) in [4.78, 5) is 48.3. The van der Waals surface area contributed by atoms with Crippen molar-refractivity contribution in [1.82, 2.24) is 14.0 Å². The fourth-order valence-electron chi connectivity index (χ4n) is 3.68. The van der Waals surface area contributed by atoms with E-state index in [9.17, 15) is 14.4 Å². The number of hydrogen-bond donors (Lipinski definition) is 0. The summed E-state index contributed by atoms with van der Waals surface area (Å²) >= 11 is 6.21. The molecule has 34 heavy (non-hydrogen) atoms. The van der Waals surface area contributed by atoms with E-state index >= 15 is 0 Å². The number of aromatic nitrogens is 3. The zero-order chi connectivity index (χ0) is 24.2. The molecule has 0 saturated heterocycles. The largest absolute Gasteiger partial charge is 0.462 e. The van der Waals surface area contributed by atoms with Crippen molar-refractivity contribution in [2.45, 2.75) is 33.2 Å². The lowest BCUT2D eigenvalue weighted by Crippen LogP contribution is -2.33. The molecule has 1 amide bonds. The van der Waals surface area contributed by atoms with E-state index in [-0.39, 0.29) is 39.2 Å². The van der Waals surface area contributed by atoms with E-state index in [0.29, 0.717) is 24.3 Å². The smallest absolute Gasteiger partial charge is 0.341 e. The normalized spacial score (nSPS) is 11.8. The fraction of sp³-hybridized carbons (Fsp3) is 0.240. The molecule has 0 bridgehead atoms. The maximum absolute atomic E-state index is 13.3. The maximum Gasteiger partial charge on any atom is 0.341 e. The molecule has 4 rings (SSSR count). The summed E-state index contributed by atoms with van der Waals surface area (Å²) in [5.41, 5.74) is 0.742. The number of ether oxygens (including phenoxy) is 1. The van der Waals surface area contributed by atoms with Gasteiger partial charge >= 0.3 is 5.97 Å². The van der Waals surface area contributed by atoms with Crippen molar-refractivity contribution in [2.24, 2.45) is 4.99 Å². The van der Waals surface area contributed by atoms with Gasteiger partial charge in [0.15, 0.2) is 5.49 Å². The van der Waals surface area contributed by atoms with Gasteiger partial charge in [-0.3, -0.25) is 14.0 Å². The number of nitrogens with zero attached hydrogens (tertiary/aromatic N) is 4. The van der Waals surface area contributed by atoms with Crippen LogP contribution in [0.25, 0.3) is 16.7 Å². The Morgan fingerprint density at radius 1 is 1.09 bits per heavy atom. The Hall–Kier alpha value is -3.78. The lowest BCUT2D eigenvalue weighted by molar-refractivity contribution is 0.0523. The molecule has 0 fully saturated rings. The molecular formula is C25H23ClN4O4. The summed E-state index contributed by atoms with van der Waals surface area (Å²) in [7, 11) is 0. The number of halogens is 1. The molecule has 3 aromatic heterocycles. The Kier molecular flexibility index (Phi) is 6.88. The third kappa shape index (κ3) is 4.36. The topological polar surface area (TPSA) is 95.0 Å². The van der Waals surface area contributed by atoms with E-state index in [4.69, 9.17) is 16.3 Å². The van der Waals surface area contributed by atoms with Crippen LogP contribution >= 0.6 is 11.6 Å². The first kappa shape index (κ1) is 23.4. The molecule has 8 nitrogen and oxygen atoms in total. The SMILES string of the molecule is CCCCn1c(=NC(=O)c2ccccc2Cl)c(C(=O)OCC)cc2c(=O)n3ccccc3nc21. The second-order valence-electron chi connectivity index (χ2n) is 7.59. The number of benzene rings is 1. The minimum Gasteiger partial charge on any atom is -0.462 e. The minimum atomic E-state index is -0.682. The number of unbranched alkanes of at least 4 members (excludes halogenated alkanes) is 1. The predicted octanol–water partition coefficient (Wildman–Crippen LogP) is 4.02. The van der Waals surface area contributed by atoms with E-state index in [0.717, 1.165) is 6.42 Å². The van der Waals surface area contributed by atoms with Gasteiger partial charge in [0, 0.05) is 12.7 Å². The summed E-state index contributed by atoms with van der Waals surface area (Å²) in [5, 5.41) is 0.476. The molecular weight excluding hydrogens is 456 g/mol. The lowest BCUT2D eigenvalue weighted by atomic mass is 10.2. The number of carbonyl (C=O) groups excluding carboxylic acids is 2. The lowest BCUT2D eigenvalue weighted by Gasteiger charge is -2.15. The second-order valence-corrected chi connectivity index (χ2v) is 7.99. The van der Waals surface area contributed by atoms with Gasteiger partial charge in [-0.1, -0.05) is 43.1 Å². The monoisotopic (exact) mass is 478 g/mol. The van der Waals surface area contributed by atoms with Crippen LogP contribution in [0, 0.1) is 0 Å². The number of esters is 1. The fourth-order valence-corrected chi connectivity index (χ4v) is 3.89. The summed E-state index contributed by atoms with van der Waals surface area (Å²) in [5.74, 6) is -1.30. The summed E-state index contributed by atoms with van der Waals surface area (Å²) < 4.78 is 8.29. The first-order chi connectivity index (χ1) is 16.5. The first-order valence-corrected chi connectivity index (χ1v) is 11.4. The van der Waals surface area contributed by atoms with Crippen LogP contribution in [-0.4, -0.2) is 32.4 Å². The third-order valence-corrected chi connectivity index (χ3v) is 5.66. The average Bonchev–Trinajstić information content (AvgIpc) is 2.83. The molecule has 0 radical (unpaired) electrons. The van der Waals surface area contributed by atoms with Crippen LogP contribution in [0.4, 0.5) is 0 Å². The molecule has 0 aliphatic rings. The molecule has 174 valence electrons. The van der Waals surface area contributed by atoms with Gasteiger partial charge in [0.05, 0.1) is 22.6 Å². The highest BCUT2D eigenvalue weighted by Crippen LogP contribution is 2.17. The predicted molar refractivity (Wildman–Crippen MR) is 129 cm³/mol. The Bertz CT molecular complexity index is 1540. The molecule has 0 spiro atoms. The van der Waals surface area contributed by atoms with Crippen molar-refractivity contribution >= 4 is 40.2 Å². The van der Waals surface area contributed by atoms with Crippen molar-refractivity contribution in [1.29, 1.82) is 0 Å². The number of rotatable bonds is 6. The van der Waals surface area contributed by atoms with Crippen LogP contribution in [0.15, 0.2) is 64.5 Å². The van der Waals surface area contributed by atoms with Crippen LogP contribution < -0.4 is 11.0 Å². The Morgan fingerprint density at radius 2 is 1.85 bits per heavy atom. The number of carbonyl (C=O) groups is 2. The molecule has 9 heteroatoms. The van der Waals surface area contributed by atoms with Crippen molar-refractivity contribution in [3.63, 3.8) is 0 Å². The molecule has 0 aliphatic heterocycles. The number of hydrogen-bond acceptors (Lipinski definition) is 5. The molecule has 0 aliphatic carbocycles. The average molecular weight is 479 g/mol. The second kappa shape index (κ2) is 10.0. The molecule has 1 aromatic carbocycles. The van der Waals surface area contributed by atoms with Gasteiger partial charge < -0.3 is 9.30 Å². The van der Waals surface area contributed by atoms with Crippen molar-refractivity contribution in [2.75, 3.05) is 6.61 Å². The number of fused-ring (bicyclic) bond motifs is 2. The highest BCUT2D eigenvalue weighted by atomic mass is 35.5. The van der Waals surface area contributed by atoms with Crippen LogP contribution in [0.1, 0.15) is 47.4 Å². The quantitative estimate of drug-likeness (QED) is 0.308. The zero-order valence-corrected chi connectivity index (χ0v) is 19.6. The molecule has 4 aromatic rings. The Balaban J connectivity index is 2.13. The first-order valence-electron chi connectivity index (χ1n) is 11.0.